The van der Waals surface area contributed by atoms with Crippen molar-refractivity contribution in [3.05, 3.63) is 72.7 Å². The molecule has 11 nitrogen and oxygen atoms in total. The van der Waals surface area contributed by atoms with Gasteiger partial charge in [-0.3, -0.25) is 0 Å². The Morgan fingerprint density at radius 3 is 2.31 bits per heavy atom. The van der Waals surface area contributed by atoms with Crippen LogP contribution in [0.25, 0.3) is 11.5 Å². The van der Waals surface area contributed by atoms with E-state index in [-0.39, 0.29) is 4.90 Å². The number of hydrogen-bond donors (Lipinski definition) is 2. The lowest BCUT2D eigenvalue weighted by Crippen LogP contribution is -2.40. The van der Waals surface area contributed by atoms with Crippen LogP contribution in [0.15, 0.2) is 71.9 Å². The molecule has 4 aromatic rings. The van der Waals surface area contributed by atoms with Gasteiger partial charge in [-0.05, 0) is 55.5 Å². The molecule has 0 spiro atoms. The Morgan fingerprint density at radius 2 is 1.56 bits per heavy atom. The van der Waals surface area contributed by atoms with Gasteiger partial charge in [-0.25, -0.2) is 28.4 Å². The number of ether oxygens (including phenoxy) is 1. The highest BCUT2D eigenvalue weighted by atomic mass is 32.2. The van der Waals surface area contributed by atoms with Gasteiger partial charge >= 0.3 is 0 Å². The quantitative estimate of drug-likeness (QED) is 0.386. The zero-order valence-corrected chi connectivity index (χ0v) is 20.3. The Labute approximate surface area is 208 Å². The third-order valence-corrected chi connectivity index (χ3v) is 7.32. The molecule has 0 atom stereocenters. The summed E-state index contributed by atoms with van der Waals surface area (Å²) in [7, 11) is -3.55. The highest BCUT2D eigenvalue weighted by Gasteiger charge is 2.26. The van der Waals surface area contributed by atoms with Gasteiger partial charge in [0.1, 0.15) is 17.3 Å². The van der Waals surface area contributed by atoms with Gasteiger partial charge in [0.2, 0.25) is 16.0 Å². The van der Waals surface area contributed by atoms with Crippen molar-refractivity contribution in [3.8, 4) is 11.5 Å². The fourth-order valence-electron chi connectivity index (χ4n) is 3.61. The predicted molar refractivity (Wildman–Crippen MR) is 135 cm³/mol. The highest BCUT2D eigenvalue weighted by molar-refractivity contribution is 7.89. The van der Waals surface area contributed by atoms with Gasteiger partial charge in [-0.15, -0.1) is 0 Å². The second-order valence-corrected chi connectivity index (χ2v) is 9.92. The van der Waals surface area contributed by atoms with E-state index in [1.165, 1.54) is 4.31 Å². The number of aryl methyl sites for hydroxylation is 1. The molecule has 1 aromatic carbocycles. The van der Waals surface area contributed by atoms with Gasteiger partial charge in [-0.1, -0.05) is 6.07 Å². The lowest BCUT2D eigenvalue weighted by Gasteiger charge is -2.26. The molecule has 4 heterocycles. The zero-order chi connectivity index (χ0) is 25.0. The molecular formula is C24H24N8O3S. The van der Waals surface area contributed by atoms with Crippen molar-refractivity contribution >= 4 is 33.3 Å². The van der Waals surface area contributed by atoms with Crippen LogP contribution in [-0.2, 0) is 14.8 Å². The fraction of sp³-hybridized carbons (Fsp3) is 0.208. The lowest BCUT2D eigenvalue weighted by atomic mass is 10.3. The average molecular weight is 505 g/mol. The molecule has 0 radical (unpaired) electrons. The van der Waals surface area contributed by atoms with Crippen molar-refractivity contribution in [1.29, 1.82) is 0 Å². The molecule has 0 aliphatic carbocycles. The largest absolute Gasteiger partial charge is 0.379 e. The maximum absolute atomic E-state index is 12.8. The summed E-state index contributed by atoms with van der Waals surface area (Å²) < 4.78 is 32.3. The smallest absolute Gasteiger partial charge is 0.243 e. The molecule has 36 heavy (non-hydrogen) atoms. The molecule has 1 fully saturated rings. The summed E-state index contributed by atoms with van der Waals surface area (Å²) in [5.74, 6) is 1.94. The fourth-order valence-corrected chi connectivity index (χ4v) is 5.02. The summed E-state index contributed by atoms with van der Waals surface area (Å²) >= 11 is 0. The summed E-state index contributed by atoms with van der Waals surface area (Å²) in [6.45, 7) is 3.42. The minimum Gasteiger partial charge on any atom is -0.379 e. The Kier molecular flexibility index (Phi) is 6.80. The third kappa shape index (κ3) is 5.46. The first-order valence-corrected chi connectivity index (χ1v) is 12.7. The second-order valence-electron chi connectivity index (χ2n) is 7.99. The predicted octanol–water partition coefficient (Wildman–Crippen LogP) is 3.15. The number of aromatic nitrogens is 5. The van der Waals surface area contributed by atoms with Crippen molar-refractivity contribution in [2.75, 3.05) is 36.9 Å². The average Bonchev–Trinajstić information content (AvgIpc) is 2.90. The first-order chi connectivity index (χ1) is 17.5. The van der Waals surface area contributed by atoms with Gasteiger partial charge in [0.25, 0.3) is 0 Å². The number of morpholine rings is 1. The summed E-state index contributed by atoms with van der Waals surface area (Å²) in [5, 5.41) is 6.25. The van der Waals surface area contributed by atoms with Gasteiger partial charge in [0.15, 0.2) is 5.82 Å². The number of nitrogens with zero attached hydrogens (tertiary/aromatic N) is 6. The number of sulfonamides is 1. The molecule has 1 aliphatic heterocycles. The molecule has 184 valence electrons. The normalized spacial score (nSPS) is 14.4. The maximum atomic E-state index is 12.8. The number of rotatable bonds is 7. The Morgan fingerprint density at radius 1 is 0.833 bits per heavy atom. The van der Waals surface area contributed by atoms with Crippen LogP contribution < -0.4 is 10.6 Å². The van der Waals surface area contributed by atoms with Gasteiger partial charge < -0.3 is 15.4 Å². The van der Waals surface area contributed by atoms with Crippen molar-refractivity contribution in [2.45, 2.75) is 11.8 Å². The van der Waals surface area contributed by atoms with Gasteiger partial charge in [0, 0.05) is 36.9 Å². The number of nitrogens with one attached hydrogen (secondary N) is 2. The summed E-state index contributed by atoms with van der Waals surface area (Å²) in [6, 6.07) is 15.6. The molecule has 0 saturated carbocycles. The molecule has 0 bridgehead atoms. The Balaban J connectivity index is 1.28. The van der Waals surface area contributed by atoms with Gasteiger partial charge in [0.05, 0.1) is 18.1 Å². The van der Waals surface area contributed by atoms with E-state index < -0.39 is 10.0 Å². The lowest BCUT2D eigenvalue weighted by molar-refractivity contribution is 0.0730. The zero-order valence-electron chi connectivity index (χ0n) is 19.5. The van der Waals surface area contributed by atoms with Crippen LogP contribution in [0.4, 0.5) is 23.3 Å². The monoisotopic (exact) mass is 504 g/mol. The second kappa shape index (κ2) is 10.3. The van der Waals surface area contributed by atoms with Crippen molar-refractivity contribution in [3.63, 3.8) is 0 Å². The molecule has 2 N–H and O–H groups in total. The van der Waals surface area contributed by atoms with Crippen LogP contribution in [0.2, 0.25) is 0 Å². The third-order valence-electron chi connectivity index (χ3n) is 5.40. The van der Waals surface area contributed by atoms with Crippen LogP contribution in [0, 0.1) is 6.92 Å². The minimum absolute atomic E-state index is 0.231. The summed E-state index contributed by atoms with van der Waals surface area (Å²) in [5.41, 5.74) is 2.22. The van der Waals surface area contributed by atoms with Crippen LogP contribution in [-0.4, -0.2) is 63.9 Å². The molecule has 1 aliphatic rings. The number of anilines is 4. The van der Waals surface area contributed by atoms with E-state index in [9.17, 15) is 8.42 Å². The van der Waals surface area contributed by atoms with E-state index >= 15 is 0 Å². The Hall–Kier alpha value is -4.00. The van der Waals surface area contributed by atoms with E-state index in [0.29, 0.717) is 61.1 Å². The van der Waals surface area contributed by atoms with Crippen LogP contribution in [0.3, 0.4) is 0 Å². The highest BCUT2D eigenvalue weighted by Crippen LogP contribution is 2.22. The van der Waals surface area contributed by atoms with Crippen LogP contribution in [0.1, 0.15) is 5.69 Å². The van der Waals surface area contributed by atoms with Gasteiger partial charge in [-0.2, -0.15) is 9.29 Å². The number of pyridine rings is 1. The minimum atomic E-state index is -3.55. The summed E-state index contributed by atoms with van der Waals surface area (Å²) in [6.07, 6.45) is 3.26. The van der Waals surface area contributed by atoms with E-state index in [1.54, 1.807) is 48.8 Å². The van der Waals surface area contributed by atoms with E-state index in [0.717, 1.165) is 5.69 Å². The summed E-state index contributed by atoms with van der Waals surface area (Å²) in [4.78, 5) is 22.3. The van der Waals surface area contributed by atoms with Crippen LogP contribution in [0.5, 0.6) is 0 Å². The SMILES string of the molecule is Cc1cccc(-c2nccc(Nc3ccnc(Nc4ccc(S(=O)(=O)N5CCOCC5)cc4)n3)n2)n1. The molecule has 1 saturated heterocycles. The van der Waals surface area contributed by atoms with E-state index in [2.05, 4.69) is 35.6 Å². The number of hydrogen-bond acceptors (Lipinski definition) is 10. The van der Waals surface area contributed by atoms with Crippen LogP contribution >= 0.6 is 0 Å². The van der Waals surface area contributed by atoms with E-state index in [1.807, 2.05) is 25.1 Å². The standard InChI is InChI=1S/C24H24N8O3S/c1-17-3-2-4-20(27-17)23-25-11-9-21(30-23)29-22-10-12-26-24(31-22)28-18-5-7-19(8-6-18)36(33,34)32-13-15-35-16-14-32/h2-12H,13-16H2,1H3,(H2,25,26,28,29,30,31). The topological polar surface area (TPSA) is 135 Å². The molecule has 12 heteroatoms. The van der Waals surface area contributed by atoms with E-state index in [4.69, 9.17) is 4.74 Å². The molecule has 0 amide bonds. The molecule has 5 rings (SSSR count). The maximum Gasteiger partial charge on any atom is 0.243 e. The first kappa shape index (κ1) is 23.7. The van der Waals surface area contributed by atoms with Crippen molar-refractivity contribution in [1.82, 2.24) is 29.2 Å². The first-order valence-electron chi connectivity index (χ1n) is 11.3. The Bertz CT molecular complexity index is 1460. The molecule has 3 aromatic heterocycles. The molecular weight excluding hydrogens is 480 g/mol. The van der Waals surface area contributed by atoms with Crippen molar-refractivity contribution < 1.29 is 13.2 Å². The number of benzene rings is 1. The van der Waals surface area contributed by atoms with Crippen molar-refractivity contribution in [2.24, 2.45) is 0 Å². The molecule has 0 unspecified atom stereocenters.